The zero-order valence-corrected chi connectivity index (χ0v) is 13.4. The van der Waals surface area contributed by atoms with Gasteiger partial charge < -0.3 is 15.2 Å². The number of anilines is 1. The average Bonchev–Trinajstić information content (AvgIpc) is 2.73. The summed E-state index contributed by atoms with van der Waals surface area (Å²) in [5.41, 5.74) is 0.807. The smallest absolute Gasteiger partial charge is 0.348 e. The minimum absolute atomic E-state index is 0.336. The van der Waals surface area contributed by atoms with E-state index < -0.39 is 6.10 Å². The molecule has 114 valence electrons. The molecular formula is C14H19N3O3S. The van der Waals surface area contributed by atoms with Gasteiger partial charge in [-0.25, -0.2) is 14.8 Å². The van der Waals surface area contributed by atoms with Gasteiger partial charge in [-0.15, -0.1) is 11.3 Å². The number of nitrogens with zero attached hydrogens (tertiary/aromatic N) is 2. The summed E-state index contributed by atoms with van der Waals surface area (Å²) >= 11 is 1.31. The summed E-state index contributed by atoms with van der Waals surface area (Å²) < 4.78 is 5.07. The Balaban J connectivity index is 2.51. The van der Waals surface area contributed by atoms with E-state index in [-0.39, 0.29) is 5.97 Å². The van der Waals surface area contributed by atoms with Crippen LogP contribution in [-0.4, -0.2) is 40.3 Å². The second-order valence-corrected chi connectivity index (χ2v) is 5.81. The van der Waals surface area contributed by atoms with Crippen LogP contribution in [0.1, 0.15) is 34.9 Å². The number of rotatable bonds is 5. The summed E-state index contributed by atoms with van der Waals surface area (Å²) in [5, 5.41) is 13.3. The lowest BCUT2D eigenvalue weighted by Gasteiger charge is -2.10. The molecule has 2 aromatic rings. The summed E-state index contributed by atoms with van der Waals surface area (Å²) in [4.78, 5) is 22.0. The molecule has 2 aromatic heterocycles. The van der Waals surface area contributed by atoms with Crippen LogP contribution >= 0.6 is 11.3 Å². The van der Waals surface area contributed by atoms with E-state index in [0.717, 1.165) is 15.8 Å². The quantitative estimate of drug-likeness (QED) is 0.824. The monoisotopic (exact) mass is 309 g/mol. The number of aliphatic hydroxyl groups is 1. The molecule has 0 spiro atoms. The highest BCUT2D eigenvalue weighted by Gasteiger charge is 2.20. The fourth-order valence-electron chi connectivity index (χ4n) is 2.01. The molecule has 2 heterocycles. The van der Waals surface area contributed by atoms with Crippen molar-refractivity contribution in [2.45, 2.75) is 33.8 Å². The number of fused-ring (bicyclic) bond motifs is 1. The molecule has 0 radical (unpaired) electrons. The molecular weight excluding hydrogens is 290 g/mol. The molecule has 0 bridgehead atoms. The molecule has 0 saturated heterocycles. The molecule has 0 amide bonds. The van der Waals surface area contributed by atoms with Gasteiger partial charge in [-0.3, -0.25) is 0 Å². The van der Waals surface area contributed by atoms with Crippen molar-refractivity contribution in [2.75, 3.05) is 18.5 Å². The number of aryl methyl sites for hydroxylation is 2. The molecule has 7 heteroatoms. The highest BCUT2D eigenvalue weighted by molar-refractivity contribution is 7.20. The highest BCUT2D eigenvalue weighted by Crippen LogP contribution is 2.34. The topological polar surface area (TPSA) is 84.3 Å². The second-order valence-electron chi connectivity index (χ2n) is 4.81. The van der Waals surface area contributed by atoms with Crippen LogP contribution in [-0.2, 0) is 4.74 Å². The van der Waals surface area contributed by atoms with Crippen LogP contribution in [0.2, 0.25) is 0 Å². The Kier molecular flexibility index (Phi) is 4.74. The van der Waals surface area contributed by atoms with Crippen molar-refractivity contribution >= 4 is 33.3 Å². The van der Waals surface area contributed by atoms with Crippen LogP contribution in [0.3, 0.4) is 0 Å². The van der Waals surface area contributed by atoms with Gasteiger partial charge in [0.25, 0.3) is 0 Å². The maximum absolute atomic E-state index is 12.0. The number of aromatic nitrogens is 2. The minimum Gasteiger partial charge on any atom is -0.462 e. The summed E-state index contributed by atoms with van der Waals surface area (Å²) in [5.74, 6) is 0.923. The molecule has 6 nitrogen and oxygen atoms in total. The van der Waals surface area contributed by atoms with E-state index in [1.165, 1.54) is 11.3 Å². The zero-order valence-electron chi connectivity index (χ0n) is 12.6. The lowest BCUT2D eigenvalue weighted by atomic mass is 10.2. The summed E-state index contributed by atoms with van der Waals surface area (Å²) in [6.45, 7) is 7.85. The molecule has 0 aromatic carbocycles. The van der Waals surface area contributed by atoms with Crippen LogP contribution in [0.25, 0.3) is 10.2 Å². The molecule has 1 unspecified atom stereocenters. The fourth-order valence-corrected chi connectivity index (χ4v) is 3.13. The standard InChI is InChI=1S/C14H19N3O3S/c1-5-20-14(19)11-8(3)10-12(15-6-7(2)18)16-9(4)17-13(10)21-11/h7,18H,5-6H2,1-4H3,(H,15,16,17). The van der Waals surface area contributed by atoms with Gasteiger partial charge in [0.15, 0.2) is 0 Å². The molecule has 21 heavy (non-hydrogen) atoms. The van der Waals surface area contributed by atoms with Gasteiger partial charge in [0.2, 0.25) is 0 Å². The number of hydrogen-bond donors (Lipinski definition) is 2. The normalized spacial score (nSPS) is 12.4. The van der Waals surface area contributed by atoms with Gasteiger partial charge >= 0.3 is 5.97 Å². The second kappa shape index (κ2) is 6.36. The zero-order chi connectivity index (χ0) is 15.6. The molecule has 0 fully saturated rings. The lowest BCUT2D eigenvalue weighted by Crippen LogP contribution is -2.16. The number of carbonyl (C=O) groups excluding carboxylic acids is 1. The van der Waals surface area contributed by atoms with Crippen molar-refractivity contribution < 1.29 is 14.6 Å². The molecule has 0 aliphatic rings. The Morgan fingerprint density at radius 3 is 2.76 bits per heavy atom. The van der Waals surface area contributed by atoms with E-state index in [1.807, 2.05) is 6.92 Å². The van der Waals surface area contributed by atoms with E-state index >= 15 is 0 Å². The first-order chi connectivity index (χ1) is 9.93. The van der Waals surface area contributed by atoms with Crippen molar-refractivity contribution in [2.24, 2.45) is 0 Å². The SMILES string of the molecule is CCOC(=O)c1sc2nc(C)nc(NCC(C)O)c2c1C. The predicted molar refractivity (Wildman–Crippen MR) is 83.0 cm³/mol. The van der Waals surface area contributed by atoms with E-state index in [9.17, 15) is 9.90 Å². The predicted octanol–water partition coefficient (Wildman–Crippen LogP) is 2.28. The number of ether oxygens (including phenoxy) is 1. The Hall–Kier alpha value is -1.73. The number of hydrogen-bond acceptors (Lipinski definition) is 7. The van der Waals surface area contributed by atoms with Crippen molar-refractivity contribution in [3.8, 4) is 0 Å². The third kappa shape index (κ3) is 3.30. The average molecular weight is 309 g/mol. The van der Waals surface area contributed by atoms with E-state index in [4.69, 9.17) is 4.74 Å². The molecule has 2 rings (SSSR count). The number of aliphatic hydroxyl groups excluding tert-OH is 1. The summed E-state index contributed by atoms with van der Waals surface area (Å²) in [6.07, 6.45) is -0.487. The number of nitrogens with one attached hydrogen (secondary N) is 1. The largest absolute Gasteiger partial charge is 0.462 e. The maximum Gasteiger partial charge on any atom is 0.348 e. The van der Waals surface area contributed by atoms with Gasteiger partial charge in [-0.2, -0.15) is 0 Å². The Bertz CT molecular complexity index is 667. The minimum atomic E-state index is -0.487. The van der Waals surface area contributed by atoms with Crippen LogP contribution in [0, 0.1) is 13.8 Å². The van der Waals surface area contributed by atoms with E-state index in [0.29, 0.717) is 29.7 Å². The van der Waals surface area contributed by atoms with Gasteiger partial charge in [0, 0.05) is 6.54 Å². The summed E-state index contributed by atoms with van der Waals surface area (Å²) in [7, 11) is 0. The molecule has 0 saturated carbocycles. The third-order valence-corrected chi connectivity index (χ3v) is 4.09. The van der Waals surface area contributed by atoms with Gasteiger partial charge in [-0.1, -0.05) is 0 Å². The number of esters is 1. The number of carbonyl (C=O) groups is 1. The fraction of sp³-hybridized carbons (Fsp3) is 0.500. The first-order valence-corrected chi connectivity index (χ1v) is 7.62. The van der Waals surface area contributed by atoms with Gasteiger partial charge in [-0.05, 0) is 33.3 Å². The van der Waals surface area contributed by atoms with E-state index in [1.54, 1.807) is 20.8 Å². The van der Waals surface area contributed by atoms with Gasteiger partial charge in [0.05, 0.1) is 18.1 Å². The lowest BCUT2D eigenvalue weighted by molar-refractivity contribution is 0.0531. The molecule has 0 aliphatic heterocycles. The van der Waals surface area contributed by atoms with Crippen LogP contribution in [0.4, 0.5) is 5.82 Å². The van der Waals surface area contributed by atoms with Crippen LogP contribution in [0.15, 0.2) is 0 Å². The van der Waals surface area contributed by atoms with Crippen molar-refractivity contribution in [1.29, 1.82) is 0 Å². The number of thiophene rings is 1. The van der Waals surface area contributed by atoms with Crippen molar-refractivity contribution in [3.05, 3.63) is 16.3 Å². The van der Waals surface area contributed by atoms with Crippen molar-refractivity contribution in [1.82, 2.24) is 9.97 Å². The molecule has 0 aliphatic carbocycles. The first-order valence-electron chi connectivity index (χ1n) is 6.80. The van der Waals surface area contributed by atoms with Crippen LogP contribution in [0.5, 0.6) is 0 Å². The Labute approximate surface area is 127 Å². The summed E-state index contributed by atoms with van der Waals surface area (Å²) in [6, 6.07) is 0. The third-order valence-electron chi connectivity index (χ3n) is 2.93. The Morgan fingerprint density at radius 2 is 2.14 bits per heavy atom. The van der Waals surface area contributed by atoms with E-state index in [2.05, 4.69) is 15.3 Å². The highest BCUT2D eigenvalue weighted by atomic mass is 32.1. The molecule has 2 N–H and O–H groups in total. The Morgan fingerprint density at radius 1 is 1.43 bits per heavy atom. The molecule has 1 atom stereocenters. The first kappa shape index (κ1) is 15.7. The van der Waals surface area contributed by atoms with Crippen LogP contribution < -0.4 is 5.32 Å². The van der Waals surface area contributed by atoms with Gasteiger partial charge in [0.1, 0.15) is 21.3 Å². The van der Waals surface area contributed by atoms with Crippen molar-refractivity contribution in [3.63, 3.8) is 0 Å². The maximum atomic E-state index is 12.0.